The van der Waals surface area contributed by atoms with Crippen LogP contribution in [0.5, 0.6) is 0 Å². The van der Waals surface area contributed by atoms with E-state index in [-0.39, 0.29) is 0 Å². The highest BCUT2D eigenvalue weighted by atomic mass is 32.1. The normalized spacial score (nSPS) is 18.3. The van der Waals surface area contributed by atoms with Crippen molar-refractivity contribution in [3.05, 3.63) is 81.8 Å². The van der Waals surface area contributed by atoms with Crippen LogP contribution in [0.25, 0.3) is 0 Å². The molecule has 0 spiro atoms. The van der Waals surface area contributed by atoms with Gasteiger partial charge in [-0.25, -0.2) is 0 Å². The first-order valence-electron chi connectivity index (χ1n) is 8.86. The van der Waals surface area contributed by atoms with Crippen LogP contribution in [0, 0.1) is 0 Å². The Balaban J connectivity index is 1.79. The quantitative estimate of drug-likeness (QED) is 0.643. The number of fused-ring (bicyclic) bond motifs is 1. The van der Waals surface area contributed by atoms with Gasteiger partial charge >= 0.3 is 0 Å². The molecule has 4 rings (SSSR count). The van der Waals surface area contributed by atoms with Gasteiger partial charge in [-0.2, -0.15) is 0 Å². The summed E-state index contributed by atoms with van der Waals surface area (Å²) < 4.78 is 2.45. The summed E-state index contributed by atoms with van der Waals surface area (Å²) >= 11 is 1.87. The second-order valence-electron chi connectivity index (χ2n) is 6.48. The molecule has 0 aliphatic carbocycles. The zero-order valence-corrected chi connectivity index (χ0v) is 15.0. The molecule has 0 radical (unpaired) electrons. The van der Waals surface area contributed by atoms with Gasteiger partial charge in [0.15, 0.2) is 0 Å². The minimum Gasteiger partial charge on any atom is -0.350 e. The van der Waals surface area contributed by atoms with Crippen molar-refractivity contribution in [1.82, 2.24) is 9.47 Å². The molecule has 0 N–H and O–H groups in total. The van der Waals surface area contributed by atoms with E-state index in [1.807, 2.05) is 11.3 Å². The molecule has 24 heavy (non-hydrogen) atoms. The van der Waals surface area contributed by atoms with Crippen LogP contribution in [-0.2, 0) is 19.5 Å². The SMILES string of the molecule is CCc1ccccc1C1c2cccn2CCCN1Cc1cccs1. The van der Waals surface area contributed by atoms with Gasteiger partial charge in [0.25, 0.3) is 0 Å². The second kappa shape index (κ2) is 6.96. The average Bonchev–Trinajstić information content (AvgIpc) is 3.25. The Hall–Kier alpha value is -1.84. The zero-order valence-electron chi connectivity index (χ0n) is 14.2. The van der Waals surface area contributed by atoms with Gasteiger partial charge in [0.05, 0.1) is 6.04 Å². The summed E-state index contributed by atoms with van der Waals surface area (Å²) in [7, 11) is 0. The molecule has 1 aliphatic rings. The van der Waals surface area contributed by atoms with E-state index in [1.54, 1.807) is 0 Å². The van der Waals surface area contributed by atoms with Crippen molar-refractivity contribution in [3.8, 4) is 0 Å². The van der Waals surface area contributed by atoms with Gasteiger partial charge in [-0.15, -0.1) is 11.3 Å². The van der Waals surface area contributed by atoms with E-state index in [4.69, 9.17) is 0 Å². The Morgan fingerprint density at radius 2 is 1.96 bits per heavy atom. The molecular weight excluding hydrogens is 312 g/mol. The molecule has 1 aromatic carbocycles. The number of thiophene rings is 1. The van der Waals surface area contributed by atoms with Crippen LogP contribution in [-0.4, -0.2) is 16.0 Å². The van der Waals surface area contributed by atoms with Crippen molar-refractivity contribution in [1.29, 1.82) is 0 Å². The number of nitrogens with zero attached hydrogens (tertiary/aromatic N) is 2. The first-order chi connectivity index (χ1) is 11.9. The first kappa shape index (κ1) is 15.7. The minimum atomic E-state index is 0.348. The van der Waals surface area contributed by atoms with Gasteiger partial charge in [-0.3, -0.25) is 4.90 Å². The molecular formula is C21H24N2S. The lowest BCUT2D eigenvalue weighted by Gasteiger charge is -2.31. The van der Waals surface area contributed by atoms with Crippen LogP contribution in [0.15, 0.2) is 60.1 Å². The number of hydrogen-bond donors (Lipinski definition) is 0. The Kier molecular flexibility index (Phi) is 4.54. The lowest BCUT2D eigenvalue weighted by molar-refractivity contribution is 0.221. The maximum Gasteiger partial charge on any atom is 0.0762 e. The van der Waals surface area contributed by atoms with E-state index in [9.17, 15) is 0 Å². The van der Waals surface area contributed by atoms with Crippen LogP contribution in [0.1, 0.15) is 41.1 Å². The fourth-order valence-electron chi connectivity index (χ4n) is 3.89. The highest BCUT2D eigenvalue weighted by Crippen LogP contribution is 2.35. The molecule has 0 fully saturated rings. The van der Waals surface area contributed by atoms with E-state index in [1.165, 1.54) is 28.1 Å². The highest BCUT2D eigenvalue weighted by Gasteiger charge is 2.28. The zero-order chi connectivity index (χ0) is 16.4. The van der Waals surface area contributed by atoms with Crippen LogP contribution < -0.4 is 0 Å². The van der Waals surface area contributed by atoms with E-state index in [2.05, 4.69) is 76.5 Å². The molecule has 1 unspecified atom stereocenters. The molecule has 124 valence electrons. The first-order valence-corrected chi connectivity index (χ1v) is 9.74. The summed E-state index contributed by atoms with van der Waals surface area (Å²) in [6, 6.07) is 18.3. The third-order valence-electron chi connectivity index (χ3n) is 5.02. The van der Waals surface area contributed by atoms with E-state index < -0.39 is 0 Å². The molecule has 0 amide bonds. The standard InChI is InChI=1S/C21H24N2S/c1-2-17-8-3-4-10-19(17)21-20-11-5-12-22(20)13-7-14-23(21)16-18-9-6-15-24-18/h3-6,8-12,15,21H,2,7,13-14,16H2,1H3. The van der Waals surface area contributed by atoms with E-state index in [0.717, 1.165) is 26.1 Å². The predicted molar refractivity (Wildman–Crippen MR) is 101 cm³/mol. The van der Waals surface area contributed by atoms with Gasteiger partial charge in [0, 0.05) is 36.4 Å². The number of rotatable bonds is 4. The fraction of sp³-hybridized carbons (Fsp3) is 0.333. The number of benzene rings is 1. The van der Waals surface area contributed by atoms with Crippen molar-refractivity contribution < 1.29 is 0 Å². The fourth-order valence-corrected chi connectivity index (χ4v) is 4.62. The lowest BCUT2D eigenvalue weighted by atomic mass is 9.95. The molecule has 1 atom stereocenters. The summed E-state index contributed by atoms with van der Waals surface area (Å²) in [5.41, 5.74) is 4.37. The second-order valence-corrected chi connectivity index (χ2v) is 7.52. The van der Waals surface area contributed by atoms with Gasteiger partial charge in [-0.05, 0) is 47.5 Å². The molecule has 2 nitrogen and oxygen atoms in total. The van der Waals surface area contributed by atoms with Crippen LogP contribution in [0.2, 0.25) is 0 Å². The molecule has 0 bridgehead atoms. The molecule has 1 aliphatic heterocycles. The summed E-state index contributed by atoms with van der Waals surface area (Å²) in [4.78, 5) is 4.12. The maximum atomic E-state index is 2.67. The van der Waals surface area contributed by atoms with Crippen molar-refractivity contribution in [2.45, 2.75) is 38.9 Å². The largest absolute Gasteiger partial charge is 0.350 e. The molecule has 0 saturated heterocycles. The number of hydrogen-bond acceptors (Lipinski definition) is 2. The summed E-state index contributed by atoms with van der Waals surface area (Å²) in [5.74, 6) is 0. The van der Waals surface area contributed by atoms with Gasteiger partial charge in [0.1, 0.15) is 0 Å². The maximum absolute atomic E-state index is 2.67. The van der Waals surface area contributed by atoms with E-state index >= 15 is 0 Å². The number of aryl methyl sites for hydroxylation is 2. The Bertz CT molecular complexity index is 788. The molecule has 3 heteroatoms. The third kappa shape index (κ3) is 2.94. The Morgan fingerprint density at radius 1 is 1.04 bits per heavy atom. The van der Waals surface area contributed by atoms with Crippen molar-refractivity contribution >= 4 is 11.3 Å². The van der Waals surface area contributed by atoms with Crippen LogP contribution >= 0.6 is 11.3 Å². The topological polar surface area (TPSA) is 8.17 Å². The van der Waals surface area contributed by atoms with Gasteiger partial charge in [-0.1, -0.05) is 37.3 Å². The molecule has 2 aromatic heterocycles. The average molecular weight is 337 g/mol. The lowest BCUT2D eigenvalue weighted by Crippen LogP contribution is -2.29. The van der Waals surface area contributed by atoms with E-state index in [0.29, 0.717) is 6.04 Å². The monoisotopic (exact) mass is 336 g/mol. The summed E-state index contributed by atoms with van der Waals surface area (Å²) in [6.07, 6.45) is 4.53. The summed E-state index contributed by atoms with van der Waals surface area (Å²) in [5, 5.41) is 2.19. The minimum absolute atomic E-state index is 0.348. The number of aromatic nitrogens is 1. The van der Waals surface area contributed by atoms with Crippen molar-refractivity contribution in [2.24, 2.45) is 0 Å². The van der Waals surface area contributed by atoms with Gasteiger partial charge < -0.3 is 4.57 Å². The highest BCUT2D eigenvalue weighted by molar-refractivity contribution is 7.09. The predicted octanol–water partition coefficient (Wildman–Crippen LogP) is 5.11. The van der Waals surface area contributed by atoms with Gasteiger partial charge in [0.2, 0.25) is 0 Å². The summed E-state index contributed by atoms with van der Waals surface area (Å²) in [6.45, 7) is 5.56. The molecule has 3 heterocycles. The molecule has 3 aromatic rings. The smallest absolute Gasteiger partial charge is 0.0762 e. The van der Waals surface area contributed by atoms with Crippen LogP contribution in [0.4, 0.5) is 0 Å². The third-order valence-corrected chi connectivity index (χ3v) is 5.89. The Labute approximate surface area is 148 Å². The molecule has 0 saturated carbocycles. The Morgan fingerprint density at radius 3 is 2.79 bits per heavy atom. The van der Waals surface area contributed by atoms with Crippen molar-refractivity contribution in [2.75, 3.05) is 6.54 Å². The van der Waals surface area contributed by atoms with Crippen LogP contribution in [0.3, 0.4) is 0 Å². The van der Waals surface area contributed by atoms with Crippen molar-refractivity contribution in [3.63, 3.8) is 0 Å².